The number of aromatic hydroxyl groups is 1. The van der Waals surface area contributed by atoms with Gasteiger partial charge in [0.15, 0.2) is 16.3 Å². The summed E-state index contributed by atoms with van der Waals surface area (Å²) < 4.78 is 0.453. The number of aromatic nitrogens is 2. The molecule has 0 fully saturated rings. The molecule has 1 aromatic heterocycles. The van der Waals surface area contributed by atoms with Gasteiger partial charge in [0.2, 0.25) is 0 Å². The Morgan fingerprint density at radius 2 is 2.40 bits per heavy atom. The lowest BCUT2D eigenvalue weighted by atomic mass is 10.5. The molecule has 2 N–H and O–H groups in total. The van der Waals surface area contributed by atoms with E-state index in [1.54, 1.807) is 7.05 Å². The van der Waals surface area contributed by atoms with Gasteiger partial charge < -0.3 is 10.4 Å². The average molecular weight is 204 g/mol. The third-order valence-electron chi connectivity index (χ3n) is 0.977. The summed E-state index contributed by atoms with van der Waals surface area (Å²) >= 11 is 3.06. The number of halogens is 1. The smallest absolute Gasteiger partial charge is 0.198 e. The van der Waals surface area contributed by atoms with E-state index in [9.17, 15) is 0 Å². The molecule has 0 saturated heterocycles. The highest BCUT2D eigenvalue weighted by molar-refractivity contribution is 9.10. The van der Waals surface area contributed by atoms with E-state index in [0.29, 0.717) is 10.6 Å². The molecule has 0 saturated carbocycles. The summed E-state index contributed by atoms with van der Waals surface area (Å²) in [6, 6.07) is 0. The predicted octanol–water partition coefficient (Wildman–Crippen LogP) is 0.986. The van der Waals surface area contributed by atoms with Crippen LogP contribution in [0.1, 0.15) is 0 Å². The first-order valence-electron chi connectivity index (χ1n) is 2.63. The number of hydrogen-bond donors (Lipinski definition) is 2. The molecule has 0 aliphatic rings. The van der Waals surface area contributed by atoms with Crippen molar-refractivity contribution in [3.05, 3.63) is 10.9 Å². The van der Waals surface area contributed by atoms with Crippen LogP contribution in [0.15, 0.2) is 10.9 Å². The first-order chi connectivity index (χ1) is 4.74. The molecule has 0 aliphatic heterocycles. The predicted molar refractivity (Wildman–Crippen MR) is 40.9 cm³/mol. The van der Waals surface area contributed by atoms with Crippen molar-refractivity contribution >= 4 is 21.7 Å². The Bertz CT molecular complexity index is 240. The fourth-order valence-corrected chi connectivity index (χ4v) is 0.818. The topological polar surface area (TPSA) is 58.0 Å². The monoisotopic (exact) mass is 203 g/mol. The van der Waals surface area contributed by atoms with Gasteiger partial charge in [-0.15, -0.1) is 0 Å². The first-order valence-corrected chi connectivity index (χ1v) is 3.42. The summed E-state index contributed by atoms with van der Waals surface area (Å²) in [7, 11) is 1.68. The van der Waals surface area contributed by atoms with Crippen molar-refractivity contribution in [3.8, 4) is 5.75 Å². The zero-order chi connectivity index (χ0) is 7.56. The van der Waals surface area contributed by atoms with E-state index >= 15 is 0 Å². The van der Waals surface area contributed by atoms with Gasteiger partial charge in [-0.25, -0.2) is 9.97 Å². The van der Waals surface area contributed by atoms with Crippen molar-refractivity contribution in [1.29, 1.82) is 0 Å². The van der Waals surface area contributed by atoms with E-state index in [1.807, 2.05) is 0 Å². The van der Waals surface area contributed by atoms with Crippen LogP contribution in [-0.2, 0) is 0 Å². The molecule has 4 nitrogen and oxygen atoms in total. The van der Waals surface area contributed by atoms with E-state index < -0.39 is 0 Å². The van der Waals surface area contributed by atoms with E-state index in [0.717, 1.165) is 0 Å². The van der Waals surface area contributed by atoms with Gasteiger partial charge in [-0.2, -0.15) is 0 Å². The maximum absolute atomic E-state index is 9.03. The Hall–Kier alpha value is -0.840. The first kappa shape index (κ1) is 7.27. The van der Waals surface area contributed by atoms with Crippen LogP contribution in [0.3, 0.4) is 0 Å². The van der Waals surface area contributed by atoms with Gasteiger partial charge in [0.25, 0.3) is 0 Å². The van der Waals surface area contributed by atoms with Crippen LogP contribution in [0.2, 0.25) is 0 Å². The Kier molecular flexibility index (Phi) is 2.06. The second-order valence-electron chi connectivity index (χ2n) is 1.62. The third-order valence-corrected chi connectivity index (χ3v) is 1.36. The Labute approximate surface area is 66.4 Å². The fraction of sp³-hybridized carbons (Fsp3) is 0.200. The molecule has 5 heteroatoms. The van der Waals surface area contributed by atoms with Gasteiger partial charge in [-0.1, -0.05) is 0 Å². The summed E-state index contributed by atoms with van der Waals surface area (Å²) in [4.78, 5) is 7.54. The Morgan fingerprint density at radius 3 is 2.90 bits per heavy atom. The van der Waals surface area contributed by atoms with Crippen molar-refractivity contribution in [2.45, 2.75) is 0 Å². The zero-order valence-electron chi connectivity index (χ0n) is 5.30. The second kappa shape index (κ2) is 2.83. The highest BCUT2D eigenvalue weighted by Crippen LogP contribution is 2.19. The van der Waals surface area contributed by atoms with Gasteiger partial charge in [0.1, 0.15) is 0 Å². The molecule has 0 unspecified atom stereocenters. The highest BCUT2D eigenvalue weighted by Gasteiger charge is 1.99. The standard InChI is InChI=1S/C5H6BrN3O/c1-7-4-3(10)2-8-5(6)9-4/h2,10H,1H3,(H,7,8,9). The summed E-state index contributed by atoms with van der Waals surface area (Å²) in [6.07, 6.45) is 1.32. The summed E-state index contributed by atoms with van der Waals surface area (Å²) in [5.74, 6) is 0.465. The molecular formula is C5H6BrN3O. The number of rotatable bonds is 1. The van der Waals surface area contributed by atoms with Gasteiger partial charge in [-0.05, 0) is 15.9 Å². The summed E-state index contributed by atoms with van der Waals surface area (Å²) in [6.45, 7) is 0. The maximum Gasteiger partial charge on any atom is 0.198 e. The van der Waals surface area contributed by atoms with Crippen LogP contribution in [0, 0.1) is 0 Å². The lowest BCUT2D eigenvalue weighted by Gasteiger charge is -1.99. The molecule has 0 atom stereocenters. The molecule has 0 aromatic carbocycles. The molecule has 0 aliphatic carbocycles. The molecule has 0 radical (unpaired) electrons. The molecular weight excluding hydrogens is 198 g/mol. The molecule has 0 bridgehead atoms. The second-order valence-corrected chi connectivity index (χ2v) is 2.33. The molecule has 54 valence electrons. The summed E-state index contributed by atoms with van der Waals surface area (Å²) in [5.41, 5.74) is 0. The van der Waals surface area contributed by atoms with Crippen LogP contribution in [0.5, 0.6) is 5.75 Å². The molecule has 1 aromatic rings. The normalized spacial score (nSPS) is 9.40. The highest BCUT2D eigenvalue weighted by atomic mass is 79.9. The molecule has 1 rings (SSSR count). The Morgan fingerprint density at radius 1 is 1.70 bits per heavy atom. The minimum atomic E-state index is 0.0469. The van der Waals surface area contributed by atoms with Crippen LogP contribution in [0.25, 0.3) is 0 Å². The number of nitrogens with zero attached hydrogens (tertiary/aromatic N) is 2. The van der Waals surface area contributed by atoms with Crippen LogP contribution in [0.4, 0.5) is 5.82 Å². The van der Waals surface area contributed by atoms with Gasteiger partial charge in [0, 0.05) is 7.05 Å². The SMILES string of the molecule is CNc1nc(Br)ncc1O. The van der Waals surface area contributed by atoms with Crippen molar-refractivity contribution < 1.29 is 5.11 Å². The molecule has 1 heterocycles. The molecule has 10 heavy (non-hydrogen) atoms. The number of nitrogens with one attached hydrogen (secondary N) is 1. The van der Waals surface area contributed by atoms with Gasteiger partial charge in [-0.3, -0.25) is 0 Å². The lowest BCUT2D eigenvalue weighted by molar-refractivity contribution is 0.471. The third kappa shape index (κ3) is 1.36. The largest absolute Gasteiger partial charge is 0.503 e. The number of hydrogen-bond acceptors (Lipinski definition) is 4. The van der Waals surface area contributed by atoms with Crippen LogP contribution < -0.4 is 5.32 Å². The minimum absolute atomic E-state index is 0.0469. The minimum Gasteiger partial charge on any atom is -0.503 e. The van der Waals surface area contributed by atoms with Crippen molar-refractivity contribution in [2.75, 3.05) is 12.4 Å². The fourth-order valence-electron chi connectivity index (χ4n) is 0.538. The quantitative estimate of drug-likeness (QED) is 0.669. The average Bonchev–Trinajstić information content (AvgIpc) is 1.94. The van der Waals surface area contributed by atoms with E-state index in [4.69, 9.17) is 5.11 Å². The van der Waals surface area contributed by atoms with E-state index in [1.165, 1.54) is 6.20 Å². The van der Waals surface area contributed by atoms with Crippen molar-refractivity contribution in [3.63, 3.8) is 0 Å². The van der Waals surface area contributed by atoms with Gasteiger partial charge in [0.05, 0.1) is 6.20 Å². The summed E-state index contributed by atoms with van der Waals surface area (Å²) in [5, 5.41) is 11.7. The van der Waals surface area contributed by atoms with Crippen molar-refractivity contribution in [2.24, 2.45) is 0 Å². The van der Waals surface area contributed by atoms with Crippen LogP contribution >= 0.6 is 15.9 Å². The Balaban J connectivity index is 3.09. The van der Waals surface area contributed by atoms with E-state index in [2.05, 4.69) is 31.2 Å². The van der Waals surface area contributed by atoms with E-state index in [-0.39, 0.29) is 5.75 Å². The lowest BCUT2D eigenvalue weighted by Crippen LogP contribution is -1.93. The molecule has 0 spiro atoms. The molecule has 0 amide bonds. The number of anilines is 1. The van der Waals surface area contributed by atoms with Crippen molar-refractivity contribution in [1.82, 2.24) is 9.97 Å². The van der Waals surface area contributed by atoms with Gasteiger partial charge >= 0.3 is 0 Å². The van der Waals surface area contributed by atoms with Crippen LogP contribution in [-0.4, -0.2) is 22.1 Å². The zero-order valence-corrected chi connectivity index (χ0v) is 6.88. The maximum atomic E-state index is 9.03.